The van der Waals surface area contributed by atoms with Gasteiger partial charge in [0.05, 0.1) is 6.10 Å². The highest BCUT2D eigenvalue weighted by Gasteiger charge is 2.65. The third kappa shape index (κ3) is 5.13. The predicted octanol–water partition coefficient (Wildman–Crippen LogP) is 6.42. The number of aliphatic hydroxyl groups is 1. The monoisotopic (exact) mass is 542 g/mol. The van der Waals surface area contributed by atoms with Crippen molar-refractivity contribution in [2.45, 2.75) is 148 Å². The second-order valence-electron chi connectivity index (χ2n) is 15.3. The first kappa shape index (κ1) is 28.5. The molecule has 6 fully saturated rings. The molecule has 0 bridgehead atoms. The van der Waals surface area contributed by atoms with Crippen molar-refractivity contribution >= 4 is 5.97 Å². The highest BCUT2D eigenvalue weighted by Crippen LogP contribution is 2.67. The minimum absolute atomic E-state index is 0.0348. The number of hydrogen-bond donors (Lipinski definition) is 1. The lowest BCUT2D eigenvalue weighted by Gasteiger charge is -2.62. The topological polar surface area (TPSA) is 53.0 Å². The summed E-state index contributed by atoms with van der Waals surface area (Å²) in [5, 5.41) is 11.3. The molecule has 222 valence electrons. The largest absolute Gasteiger partial charge is 0.460 e. The van der Waals surface area contributed by atoms with Crippen LogP contribution in [0.3, 0.4) is 0 Å². The summed E-state index contributed by atoms with van der Waals surface area (Å²) in [7, 11) is 0. The fraction of sp³-hybridized carbons (Fsp3) is 0.971. The Balaban J connectivity index is 1.26. The van der Waals surface area contributed by atoms with E-state index in [9.17, 15) is 9.90 Å². The Bertz CT molecular complexity index is 851. The molecular weight excluding hydrogens is 484 g/mol. The van der Waals surface area contributed by atoms with Gasteiger partial charge in [-0.1, -0.05) is 40.0 Å². The molecule has 4 saturated carbocycles. The highest BCUT2D eigenvalue weighted by molar-refractivity contribution is 5.69. The summed E-state index contributed by atoms with van der Waals surface area (Å²) in [6.45, 7) is 12.0. The second kappa shape index (κ2) is 11.6. The minimum atomic E-state index is -0.146. The standard InChI is InChI=1S/C34H58N2O3/c1-4-12-31(38)39-32-28(35-17-8-5-6-9-18-35)22-27-25-14-13-24-21-30(37)29(36-19-10-7-11-20-36)23-34(24,3)26(25)15-16-33(27,32)2/h24-30,32,37H,4-23H2,1-3H3/t24-,25+,26-,27-,28-,29-,30-,32-,33-,34-/m0/s1. The van der Waals surface area contributed by atoms with Crippen LogP contribution in [0.4, 0.5) is 0 Å². The molecule has 2 saturated heterocycles. The van der Waals surface area contributed by atoms with Crippen LogP contribution in [-0.4, -0.2) is 71.3 Å². The van der Waals surface area contributed by atoms with Crippen LogP contribution in [0.5, 0.6) is 0 Å². The van der Waals surface area contributed by atoms with Crippen molar-refractivity contribution in [3.05, 3.63) is 0 Å². The Kier molecular flexibility index (Phi) is 8.44. The molecule has 0 spiro atoms. The molecular formula is C34H58N2O3. The van der Waals surface area contributed by atoms with Gasteiger partial charge in [-0.15, -0.1) is 0 Å². The zero-order valence-corrected chi connectivity index (χ0v) is 25.4. The number of carbonyl (C=O) groups excluding carboxylic acids is 1. The lowest BCUT2D eigenvalue weighted by molar-refractivity contribution is -0.173. The molecule has 5 heteroatoms. The lowest BCUT2D eigenvalue weighted by Crippen LogP contribution is -2.60. The summed E-state index contributed by atoms with van der Waals surface area (Å²) >= 11 is 0. The molecule has 0 radical (unpaired) electrons. The molecule has 2 heterocycles. The maximum Gasteiger partial charge on any atom is 0.306 e. The molecule has 5 nitrogen and oxygen atoms in total. The van der Waals surface area contributed by atoms with Gasteiger partial charge in [-0.25, -0.2) is 0 Å². The molecule has 6 aliphatic rings. The van der Waals surface area contributed by atoms with Crippen LogP contribution in [0, 0.1) is 34.5 Å². The van der Waals surface area contributed by atoms with E-state index in [4.69, 9.17) is 4.74 Å². The van der Waals surface area contributed by atoms with E-state index in [1.165, 1.54) is 110 Å². The van der Waals surface area contributed by atoms with Gasteiger partial charge in [0.15, 0.2) is 0 Å². The first-order valence-electron chi connectivity index (χ1n) is 17.2. The first-order chi connectivity index (χ1) is 18.8. The number of piperidine rings is 1. The molecule has 2 aliphatic heterocycles. The van der Waals surface area contributed by atoms with Crippen molar-refractivity contribution in [3.63, 3.8) is 0 Å². The van der Waals surface area contributed by atoms with E-state index >= 15 is 0 Å². The predicted molar refractivity (Wildman–Crippen MR) is 156 cm³/mol. The van der Waals surface area contributed by atoms with Crippen molar-refractivity contribution < 1.29 is 14.6 Å². The summed E-state index contributed by atoms with van der Waals surface area (Å²) in [6.07, 6.45) is 19.1. The van der Waals surface area contributed by atoms with Gasteiger partial charge in [0.1, 0.15) is 6.10 Å². The summed E-state index contributed by atoms with van der Waals surface area (Å²) in [5.41, 5.74) is 0.436. The van der Waals surface area contributed by atoms with Gasteiger partial charge in [0.25, 0.3) is 0 Å². The van der Waals surface area contributed by atoms with E-state index < -0.39 is 0 Å². The van der Waals surface area contributed by atoms with Gasteiger partial charge < -0.3 is 9.84 Å². The fourth-order valence-corrected chi connectivity index (χ4v) is 11.3. The van der Waals surface area contributed by atoms with Crippen LogP contribution >= 0.6 is 0 Å². The number of ether oxygens (including phenoxy) is 1. The van der Waals surface area contributed by atoms with Crippen LogP contribution in [0.25, 0.3) is 0 Å². The molecule has 4 aliphatic carbocycles. The minimum Gasteiger partial charge on any atom is -0.460 e. The number of carbonyl (C=O) groups is 1. The Labute approximate surface area is 238 Å². The van der Waals surface area contributed by atoms with Gasteiger partial charge in [0, 0.05) is 23.9 Å². The quantitative estimate of drug-likeness (QED) is 0.406. The Morgan fingerprint density at radius 2 is 1.46 bits per heavy atom. The summed E-state index contributed by atoms with van der Waals surface area (Å²) in [5.74, 6) is 2.85. The van der Waals surface area contributed by atoms with Gasteiger partial charge in [-0.2, -0.15) is 0 Å². The number of fused-ring (bicyclic) bond motifs is 5. The maximum absolute atomic E-state index is 13.0. The number of nitrogens with zero attached hydrogens (tertiary/aromatic N) is 2. The van der Waals surface area contributed by atoms with E-state index in [0.29, 0.717) is 35.8 Å². The molecule has 39 heavy (non-hydrogen) atoms. The number of hydrogen-bond acceptors (Lipinski definition) is 5. The van der Waals surface area contributed by atoms with E-state index in [2.05, 4.69) is 30.6 Å². The average molecular weight is 543 g/mol. The Morgan fingerprint density at radius 1 is 0.821 bits per heavy atom. The number of likely N-dealkylation sites (tertiary alicyclic amines) is 2. The van der Waals surface area contributed by atoms with Crippen molar-refractivity contribution in [1.82, 2.24) is 9.80 Å². The van der Waals surface area contributed by atoms with Crippen molar-refractivity contribution in [3.8, 4) is 0 Å². The second-order valence-corrected chi connectivity index (χ2v) is 15.3. The first-order valence-corrected chi connectivity index (χ1v) is 17.2. The van der Waals surface area contributed by atoms with E-state index in [0.717, 1.165) is 24.7 Å². The van der Waals surface area contributed by atoms with E-state index in [1.807, 2.05) is 0 Å². The number of rotatable bonds is 5. The van der Waals surface area contributed by atoms with Gasteiger partial charge in [-0.3, -0.25) is 14.6 Å². The Morgan fingerprint density at radius 3 is 2.13 bits per heavy atom. The zero-order chi connectivity index (χ0) is 27.2. The molecule has 0 aromatic heterocycles. The summed E-state index contributed by atoms with van der Waals surface area (Å²) in [6, 6.07) is 0.757. The highest BCUT2D eigenvalue weighted by atomic mass is 16.5. The van der Waals surface area contributed by atoms with E-state index in [-0.39, 0.29) is 23.6 Å². The number of aliphatic hydroxyl groups excluding tert-OH is 1. The molecule has 1 N–H and O–H groups in total. The van der Waals surface area contributed by atoms with Crippen molar-refractivity contribution in [2.24, 2.45) is 34.5 Å². The van der Waals surface area contributed by atoms with Crippen LogP contribution in [0.15, 0.2) is 0 Å². The molecule has 10 atom stereocenters. The third-order valence-corrected chi connectivity index (χ3v) is 13.3. The SMILES string of the molecule is CCCC(=O)O[C@H]1[C@@H](N2CCCCCC2)C[C@H]2[C@@H]3CC[C@H]4C[C@H](O)[C@@H](N5CCCCC5)C[C@]4(C)[C@H]3CC[C@@]21C. The van der Waals surface area contributed by atoms with Gasteiger partial charge in [0.2, 0.25) is 0 Å². The fourth-order valence-electron chi connectivity index (χ4n) is 11.3. The van der Waals surface area contributed by atoms with Crippen LogP contribution in [0.2, 0.25) is 0 Å². The normalized spacial score (nSPS) is 47.5. The van der Waals surface area contributed by atoms with Crippen LogP contribution < -0.4 is 0 Å². The van der Waals surface area contributed by atoms with E-state index in [1.54, 1.807) is 0 Å². The zero-order valence-electron chi connectivity index (χ0n) is 25.4. The molecule has 0 unspecified atom stereocenters. The van der Waals surface area contributed by atoms with Gasteiger partial charge in [-0.05, 0) is 132 Å². The average Bonchev–Trinajstić information content (AvgIpc) is 3.07. The number of esters is 1. The summed E-state index contributed by atoms with van der Waals surface area (Å²) in [4.78, 5) is 18.4. The maximum atomic E-state index is 13.0. The lowest BCUT2D eigenvalue weighted by atomic mass is 9.44. The summed E-state index contributed by atoms with van der Waals surface area (Å²) < 4.78 is 6.53. The van der Waals surface area contributed by atoms with Crippen molar-refractivity contribution in [2.75, 3.05) is 26.2 Å². The molecule has 6 rings (SSSR count). The third-order valence-electron chi connectivity index (χ3n) is 13.3. The molecule has 0 amide bonds. The van der Waals surface area contributed by atoms with Crippen LogP contribution in [0.1, 0.15) is 124 Å². The molecule has 0 aromatic carbocycles. The Hall–Kier alpha value is -0.650. The van der Waals surface area contributed by atoms with Crippen LogP contribution in [-0.2, 0) is 9.53 Å². The van der Waals surface area contributed by atoms with Gasteiger partial charge >= 0.3 is 5.97 Å². The van der Waals surface area contributed by atoms with Crippen molar-refractivity contribution in [1.29, 1.82) is 0 Å². The smallest absolute Gasteiger partial charge is 0.306 e. The molecule has 0 aromatic rings.